The minimum atomic E-state index is 0.654. The van der Waals surface area contributed by atoms with Crippen molar-refractivity contribution in [2.75, 3.05) is 5.32 Å². The molecule has 0 bridgehead atoms. The van der Waals surface area contributed by atoms with Gasteiger partial charge in [-0.2, -0.15) is 0 Å². The fraction of sp³-hybridized carbons (Fsp3) is 0.111. The largest absolute Gasteiger partial charge is 0.366 e. The second-order valence-corrected chi connectivity index (χ2v) is 5.54. The first-order valence-electron chi connectivity index (χ1n) is 7.72. The van der Waals surface area contributed by atoms with Crippen molar-refractivity contribution in [3.63, 3.8) is 0 Å². The zero-order valence-corrected chi connectivity index (χ0v) is 13.0. The van der Waals surface area contributed by atoms with E-state index in [1.54, 1.807) is 18.6 Å². The van der Waals surface area contributed by atoms with Gasteiger partial charge >= 0.3 is 0 Å². The lowest BCUT2D eigenvalue weighted by molar-refractivity contribution is 1.03. The zero-order chi connectivity index (χ0) is 16.2. The van der Waals surface area contributed by atoms with Crippen LogP contribution in [0, 0.1) is 0 Å². The number of pyridine rings is 2. The second kappa shape index (κ2) is 6.45. The van der Waals surface area contributed by atoms with Gasteiger partial charge in [0.15, 0.2) is 0 Å². The number of fused-ring (bicyclic) bond motifs is 1. The molecule has 0 saturated carbocycles. The summed E-state index contributed by atoms with van der Waals surface area (Å²) >= 11 is 0. The van der Waals surface area contributed by atoms with Crippen molar-refractivity contribution >= 4 is 16.9 Å². The quantitative estimate of drug-likeness (QED) is 0.592. The van der Waals surface area contributed by atoms with Crippen molar-refractivity contribution in [3.05, 3.63) is 78.3 Å². The average molecular weight is 316 g/mol. The molecule has 0 aliphatic carbocycles. The normalized spacial score (nSPS) is 10.8. The Morgan fingerprint density at radius 2 is 1.88 bits per heavy atom. The summed E-state index contributed by atoms with van der Waals surface area (Å²) < 4.78 is 0. The summed E-state index contributed by atoms with van der Waals surface area (Å²) in [6.45, 7) is 0.654. The van der Waals surface area contributed by atoms with Crippen LogP contribution < -0.4 is 5.32 Å². The molecule has 0 fully saturated rings. The van der Waals surface area contributed by atoms with Crippen LogP contribution in [0.25, 0.3) is 11.0 Å². The highest BCUT2D eigenvalue weighted by molar-refractivity contribution is 5.79. The first-order chi connectivity index (χ1) is 11.9. The van der Waals surface area contributed by atoms with Gasteiger partial charge < -0.3 is 10.3 Å². The van der Waals surface area contributed by atoms with E-state index < -0.39 is 0 Å². The van der Waals surface area contributed by atoms with E-state index in [1.807, 2.05) is 24.5 Å². The van der Waals surface area contributed by atoms with E-state index in [9.17, 15) is 0 Å². The molecule has 0 aliphatic rings. The molecule has 4 rings (SSSR count). The highest BCUT2D eigenvalue weighted by Crippen LogP contribution is 2.19. The molecular formula is C18H16N6. The van der Waals surface area contributed by atoms with E-state index in [4.69, 9.17) is 0 Å². The summed E-state index contributed by atoms with van der Waals surface area (Å²) in [7, 11) is 0. The highest BCUT2D eigenvalue weighted by Gasteiger charge is 2.05. The molecule has 4 aromatic rings. The van der Waals surface area contributed by atoms with Crippen LogP contribution in [0.3, 0.4) is 0 Å². The Morgan fingerprint density at radius 3 is 2.71 bits per heavy atom. The predicted octanol–water partition coefficient (Wildman–Crippen LogP) is 2.95. The topological polar surface area (TPSA) is 79.4 Å². The van der Waals surface area contributed by atoms with Gasteiger partial charge in [0.1, 0.15) is 17.8 Å². The van der Waals surface area contributed by atoms with Gasteiger partial charge in [-0.25, -0.2) is 19.9 Å². The van der Waals surface area contributed by atoms with Crippen LogP contribution in [0.4, 0.5) is 5.82 Å². The number of anilines is 1. The molecule has 4 aromatic heterocycles. The standard InChI is InChI=1S/C18H16N6/c1-2-16-15(11-24-18(16)21-5-1)6-13-3-4-17(22-9-13)23-10-14-7-19-12-20-8-14/h1-5,7-9,11-12H,6,10H2,(H,21,24)(H,22,23). The second-order valence-electron chi connectivity index (χ2n) is 5.54. The summed E-state index contributed by atoms with van der Waals surface area (Å²) in [4.78, 5) is 20.0. The van der Waals surface area contributed by atoms with E-state index in [0.717, 1.165) is 34.4 Å². The Kier molecular flexibility index (Phi) is 3.85. The first-order valence-corrected chi connectivity index (χ1v) is 7.72. The van der Waals surface area contributed by atoms with Crippen LogP contribution in [-0.2, 0) is 13.0 Å². The van der Waals surface area contributed by atoms with Gasteiger partial charge in [-0.15, -0.1) is 0 Å². The number of nitrogens with one attached hydrogen (secondary N) is 2. The van der Waals surface area contributed by atoms with Crippen molar-refractivity contribution in [1.29, 1.82) is 0 Å². The van der Waals surface area contributed by atoms with Gasteiger partial charge in [0, 0.05) is 54.9 Å². The van der Waals surface area contributed by atoms with Crippen molar-refractivity contribution in [2.24, 2.45) is 0 Å². The van der Waals surface area contributed by atoms with Gasteiger partial charge in [0.2, 0.25) is 0 Å². The third-order valence-electron chi connectivity index (χ3n) is 3.84. The molecule has 2 N–H and O–H groups in total. The maximum absolute atomic E-state index is 4.48. The Labute approximate surface area is 139 Å². The van der Waals surface area contributed by atoms with Gasteiger partial charge in [0.05, 0.1) is 0 Å². The van der Waals surface area contributed by atoms with Crippen LogP contribution in [0.1, 0.15) is 16.7 Å². The number of H-pyrrole nitrogens is 1. The SMILES string of the molecule is c1cnc2[nH]cc(Cc3ccc(NCc4cncnc4)nc3)c2c1. The molecule has 118 valence electrons. The number of nitrogens with zero attached hydrogens (tertiary/aromatic N) is 4. The summed E-state index contributed by atoms with van der Waals surface area (Å²) in [5.41, 5.74) is 4.33. The molecule has 0 radical (unpaired) electrons. The molecule has 6 heteroatoms. The van der Waals surface area contributed by atoms with Crippen LogP contribution in [0.2, 0.25) is 0 Å². The minimum Gasteiger partial charge on any atom is -0.366 e. The number of aromatic amines is 1. The van der Waals surface area contributed by atoms with Crippen LogP contribution >= 0.6 is 0 Å². The lowest BCUT2D eigenvalue weighted by Gasteiger charge is -2.06. The Bertz CT molecular complexity index is 931. The molecule has 24 heavy (non-hydrogen) atoms. The maximum Gasteiger partial charge on any atom is 0.137 e. The zero-order valence-electron chi connectivity index (χ0n) is 13.0. The molecule has 0 atom stereocenters. The molecule has 0 amide bonds. The predicted molar refractivity (Wildman–Crippen MR) is 92.5 cm³/mol. The lowest BCUT2D eigenvalue weighted by Crippen LogP contribution is -2.02. The van der Waals surface area contributed by atoms with Gasteiger partial charge in [-0.05, 0) is 29.3 Å². The fourth-order valence-corrected chi connectivity index (χ4v) is 2.63. The molecule has 0 aromatic carbocycles. The molecular weight excluding hydrogens is 300 g/mol. The van der Waals surface area contributed by atoms with E-state index in [0.29, 0.717) is 6.54 Å². The van der Waals surface area contributed by atoms with Gasteiger partial charge in [-0.1, -0.05) is 6.07 Å². The number of hydrogen-bond donors (Lipinski definition) is 2. The Balaban J connectivity index is 1.44. The molecule has 0 unspecified atom stereocenters. The Hall–Kier alpha value is -3.28. The van der Waals surface area contributed by atoms with E-state index in [2.05, 4.69) is 42.4 Å². The summed E-state index contributed by atoms with van der Waals surface area (Å²) in [6.07, 6.45) is 11.6. The number of rotatable bonds is 5. The summed E-state index contributed by atoms with van der Waals surface area (Å²) in [5, 5.41) is 4.43. The smallest absolute Gasteiger partial charge is 0.137 e. The number of hydrogen-bond acceptors (Lipinski definition) is 5. The van der Waals surface area contributed by atoms with E-state index in [-0.39, 0.29) is 0 Å². The maximum atomic E-state index is 4.48. The highest BCUT2D eigenvalue weighted by atomic mass is 15.0. The lowest BCUT2D eigenvalue weighted by atomic mass is 10.1. The van der Waals surface area contributed by atoms with Gasteiger partial charge in [0.25, 0.3) is 0 Å². The molecule has 0 spiro atoms. The molecule has 0 aliphatic heterocycles. The van der Waals surface area contributed by atoms with Gasteiger partial charge in [-0.3, -0.25) is 0 Å². The average Bonchev–Trinajstić information content (AvgIpc) is 3.05. The van der Waals surface area contributed by atoms with E-state index >= 15 is 0 Å². The van der Waals surface area contributed by atoms with Crippen molar-refractivity contribution < 1.29 is 0 Å². The van der Waals surface area contributed by atoms with Crippen molar-refractivity contribution in [2.45, 2.75) is 13.0 Å². The third kappa shape index (κ3) is 3.08. The van der Waals surface area contributed by atoms with Crippen LogP contribution in [0.5, 0.6) is 0 Å². The van der Waals surface area contributed by atoms with Crippen LogP contribution in [0.15, 0.2) is 61.6 Å². The molecule has 6 nitrogen and oxygen atoms in total. The summed E-state index contributed by atoms with van der Waals surface area (Å²) in [6, 6.07) is 8.12. The van der Waals surface area contributed by atoms with Crippen molar-refractivity contribution in [1.82, 2.24) is 24.9 Å². The van der Waals surface area contributed by atoms with Crippen LogP contribution in [-0.4, -0.2) is 24.9 Å². The molecule has 0 saturated heterocycles. The number of aromatic nitrogens is 5. The molecule has 4 heterocycles. The monoisotopic (exact) mass is 316 g/mol. The fourth-order valence-electron chi connectivity index (χ4n) is 2.63. The van der Waals surface area contributed by atoms with E-state index in [1.165, 1.54) is 11.9 Å². The minimum absolute atomic E-state index is 0.654. The Morgan fingerprint density at radius 1 is 0.958 bits per heavy atom. The summed E-state index contributed by atoms with van der Waals surface area (Å²) in [5.74, 6) is 0.836. The van der Waals surface area contributed by atoms with Crippen molar-refractivity contribution in [3.8, 4) is 0 Å². The first kappa shape index (κ1) is 14.3. The third-order valence-corrected chi connectivity index (χ3v) is 3.84.